The summed E-state index contributed by atoms with van der Waals surface area (Å²) in [6.45, 7) is 5.18. The van der Waals surface area contributed by atoms with Crippen LogP contribution in [-0.2, 0) is 10.2 Å². The Morgan fingerprint density at radius 1 is 0.964 bits per heavy atom. The van der Waals surface area contributed by atoms with E-state index in [1.54, 1.807) is 0 Å². The number of para-hydroxylation sites is 1. The lowest BCUT2D eigenvalue weighted by molar-refractivity contribution is -0.124. The number of hydrogen-bond acceptors (Lipinski definition) is 2. The first kappa shape index (κ1) is 17.1. The standard InChI is InChI=1S/C25H24N2O/c1-24(2)21-12-5-6-13-22(21)27-17-15-23(28)26-25(24,27)16-14-19-10-7-9-18-8-3-4-11-20(18)19/h3-14,16H,15,17H2,1-2H3,(H,26,28)/b16-14+. The third-order valence-corrected chi connectivity index (χ3v) is 6.47. The summed E-state index contributed by atoms with van der Waals surface area (Å²) < 4.78 is 0. The van der Waals surface area contributed by atoms with Gasteiger partial charge < -0.3 is 10.2 Å². The van der Waals surface area contributed by atoms with Crippen LogP contribution >= 0.6 is 0 Å². The molecule has 3 aromatic carbocycles. The van der Waals surface area contributed by atoms with Crippen LogP contribution in [0.1, 0.15) is 31.4 Å². The highest BCUT2D eigenvalue weighted by atomic mass is 16.2. The summed E-state index contributed by atoms with van der Waals surface area (Å²) in [6.07, 6.45) is 4.90. The Morgan fingerprint density at radius 3 is 2.61 bits per heavy atom. The molecule has 0 spiro atoms. The van der Waals surface area contributed by atoms with Gasteiger partial charge in [-0.25, -0.2) is 0 Å². The maximum atomic E-state index is 12.5. The van der Waals surface area contributed by atoms with Crippen molar-refractivity contribution in [1.29, 1.82) is 0 Å². The molecule has 1 N–H and O–H groups in total. The zero-order valence-electron chi connectivity index (χ0n) is 16.3. The molecule has 0 aliphatic carbocycles. The molecule has 2 heterocycles. The second-order valence-electron chi connectivity index (χ2n) is 8.26. The van der Waals surface area contributed by atoms with E-state index in [0.717, 1.165) is 6.54 Å². The Labute approximate surface area is 165 Å². The van der Waals surface area contributed by atoms with Crippen molar-refractivity contribution in [2.75, 3.05) is 11.4 Å². The Balaban J connectivity index is 1.67. The van der Waals surface area contributed by atoms with Crippen molar-refractivity contribution in [3.8, 4) is 0 Å². The number of carbonyl (C=O) groups is 1. The van der Waals surface area contributed by atoms with Crippen LogP contribution in [0.5, 0.6) is 0 Å². The number of fused-ring (bicyclic) bond motifs is 4. The van der Waals surface area contributed by atoms with E-state index in [2.05, 4.69) is 103 Å². The fourth-order valence-electron chi connectivity index (χ4n) is 4.93. The number of hydrogen-bond donors (Lipinski definition) is 1. The number of carbonyl (C=O) groups excluding carboxylic acids is 1. The Morgan fingerprint density at radius 2 is 1.71 bits per heavy atom. The number of benzene rings is 3. The van der Waals surface area contributed by atoms with Crippen LogP contribution in [0.4, 0.5) is 5.69 Å². The van der Waals surface area contributed by atoms with Crippen LogP contribution in [0.3, 0.4) is 0 Å². The smallest absolute Gasteiger partial charge is 0.223 e. The molecular formula is C25H24N2O. The molecule has 3 heteroatoms. The van der Waals surface area contributed by atoms with E-state index >= 15 is 0 Å². The maximum Gasteiger partial charge on any atom is 0.223 e. The van der Waals surface area contributed by atoms with Gasteiger partial charge in [-0.2, -0.15) is 0 Å². The number of nitrogens with zero attached hydrogens (tertiary/aromatic N) is 1. The summed E-state index contributed by atoms with van der Waals surface area (Å²) in [5.74, 6) is 0.111. The molecule has 5 rings (SSSR count). The zero-order chi connectivity index (χ0) is 19.4. The van der Waals surface area contributed by atoms with E-state index in [-0.39, 0.29) is 11.3 Å². The van der Waals surface area contributed by atoms with Gasteiger partial charge >= 0.3 is 0 Å². The molecule has 1 unspecified atom stereocenters. The van der Waals surface area contributed by atoms with Gasteiger partial charge in [0.2, 0.25) is 5.91 Å². The molecule has 28 heavy (non-hydrogen) atoms. The number of anilines is 1. The normalized spacial score (nSPS) is 22.9. The van der Waals surface area contributed by atoms with E-state index in [9.17, 15) is 4.79 Å². The highest BCUT2D eigenvalue weighted by Gasteiger charge is 2.57. The predicted molar refractivity (Wildman–Crippen MR) is 115 cm³/mol. The van der Waals surface area contributed by atoms with Gasteiger partial charge in [0.1, 0.15) is 5.66 Å². The van der Waals surface area contributed by atoms with Crippen molar-refractivity contribution in [2.24, 2.45) is 0 Å². The van der Waals surface area contributed by atoms with E-state index < -0.39 is 5.66 Å². The fraction of sp³-hybridized carbons (Fsp3) is 0.240. The summed E-state index contributed by atoms with van der Waals surface area (Å²) in [5.41, 5.74) is 2.85. The predicted octanol–water partition coefficient (Wildman–Crippen LogP) is 4.87. The summed E-state index contributed by atoms with van der Waals surface area (Å²) in [6, 6.07) is 23.3. The molecule has 0 bridgehead atoms. The van der Waals surface area contributed by atoms with Crippen LogP contribution in [0.2, 0.25) is 0 Å². The molecule has 1 atom stereocenters. The minimum atomic E-state index is -0.567. The van der Waals surface area contributed by atoms with E-state index in [4.69, 9.17) is 0 Å². The van der Waals surface area contributed by atoms with Gasteiger partial charge in [-0.3, -0.25) is 4.79 Å². The van der Waals surface area contributed by atoms with Gasteiger partial charge in [-0.05, 0) is 34.0 Å². The zero-order valence-corrected chi connectivity index (χ0v) is 16.3. The van der Waals surface area contributed by atoms with Crippen LogP contribution in [-0.4, -0.2) is 18.1 Å². The molecule has 2 aliphatic heterocycles. The van der Waals surface area contributed by atoms with Crippen molar-refractivity contribution in [3.63, 3.8) is 0 Å². The molecule has 1 saturated heterocycles. The molecule has 2 aliphatic rings. The van der Waals surface area contributed by atoms with Gasteiger partial charge in [-0.15, -0.1) is 0 Å². The topological polar surface area (TPSA) is 32.3 Å². The van der Waals surface area contributed by atoms with E-state index in [1.165, 1.54) is 27.6 Å². The minimum Gasteiger partial charge on any atom is -0.344 e. The lowest BCUT2D eigenvalue weighted by atomic mass is 9.74. The molecule has 140 valence electrons. The van der Waals surface area contributed by atoms with Gasteiger partial charge in [-0.1, -0.05) is 80.6 Å². The molecular weight excluding hydrogens is 344 g/mol. The van der Waals surface area contributed by atoms with Gasteiger partial charge in [0.05, 0.1) is 0 Å². The van der Waals surface area contributed by atoms with Crippen LogP contribution in [0.25, 0.3) is 16.8 Å². The quantitative estimate of drug-likeness (QED) is 0.700. The van der Waals surface area contributed by atoms with Gasteiger partial charge in [0.15, 0.2) is 0 Å². The summed E-state index contributed by atoms with van der Waals surface area (Å²) in [4.78, 5) is 14.9. The molecule has 0 aromatic heterocycles. The first-order valence-corrected chi connectivity index (χ1v) is 9.88. The molecule has 1 amide bonds. The molecule has 0 radical (unpaired) electrons. The number of nitrogens with one attached hydrogen (secondary N) is 1. The first-order chi connectivity index (χ1) is 13.5. The maximum absolute atomic E-state index is 12.5. The van der Waals surface area contributed by atoms with Gasteiger partial charge in [0.25, 0.3) is 0 Å². The minimum absolute atomic E-state index is 0.111. The average molecular weight is 368 g/mol. The third-order valence-electron chi connectivity index (χ3n) is 6.47. The Hall–Kier alpha value is -3.07. The lowest BCUT2D eigenvalue weighted by Crippen LogP contribution is -2.68. The highest BCUT2D eigenvalue weighted by Crippen LogP contribution is 2.52. The van der Waals surface area contributed by atoms with Crippen LogP contribution in [0, 0.1) is 0 Å². The summed E-state index contributed by atoms with van der Waals surface area (Å²) in [5, 5.41) is 5.79. The van der Waals surface area contributed by atoms with Crippen molar-refractivity contribution >= 4 is 28.4 Å². The summed E-state index contributed by atoms with van der Waals surface area (Å²) in [7, 11) is 0. The monoisotopic (exact) mass is 368 g/mol. The average Bonchev–Trinajstić information content (AvgIpc) is 2.90. The van der Waals surface area contributed by atoms with E-state index in [0.29, 0.717) is 6.42 Å². The Kier molecular flexibility index (Phi) is 3.63. The second-order valence-corrected chi connectivity index (χ2v) is 8.26. The molecule has 0 saturated carbocycles. The first-order valence-electron chi connectivity index (χ1n) is 9.88. The van der Waals surface area contributed by atoms with E-state index in [1.807, 2.05) is 0 Å². The molecule has 3 nitrogen and oxygen atoms in total. The SMILES string of the molecule is CC1(C)c2ccccc2N2CCC(=O)NC21/C=C/c1cccc2ccccc12. The van der Waals surface area contributed by atoms with Gasteiger partial charge in [0, 0.05) is 24.1 Å². The fourth-order valence-corrected chi connectivity index (χ4v) is 4.93. The van der Waals surface area contributed by atoms with Crippen LogP contribution in [0.15, 0.2) is 72.8 Å². The third kappa shape index (κ3) is 2.26. The molecule has 3 aromatic rings. The highest BCUT2D eigenvalue weighted by molar-refractivity contribution is 5.91. The van der Waals surface area contributed by atoms with Crippen molar-refractivity contribution < 1.29 is 4.79 Å². The Bertz CT molecular complexity index is 1110. The summed E-state index contributed by atoms with van der Waals surface area (Å²) >= 11 is 0. The number of amides is 1. The van der Waals surface area contributed by atoms with Crippen molar-refractivity contribution in [1.82, 2.24) is 5.32 Å². The van der Waals surface area contributed by atoms with Crippen molar-refractivity contribution in [2.45, 2.75) is 31.3 Å². The number of rotatable bonds is 2. The van der Waals surface area contributed by atoms with Crippen molar-refractivity contribution in [3.05, 3.63) is 83.9 Å². The second kappa shape index (κ2) is 5.96. The lowest BCUT2D eigenvalue weighted by Gasteiger charge is -2.49. The largest absolute Gasteiger partial charge is 0.344 e. The van der Waals surface area contributed by atoms with Crippen LogP contribution < -0.4 is 10.2 Å². The molecule has 1 fully saturated rings.